The highest BCUT2D eigenvalue weighted by molar-refractivity contribution is 14.1. The van der Waals surface area contributed by atoms with Gasteiger partial charge in [-0.05, 0) is 61.5 Å². The third kappa shape index (κ3) is 3.73. The molecule has 0 aliphatic heterocycles. The van der Waals surface area contributed by atoms with Crippen LogP contribution in [0.1, 0.15) is 26.7 Å². The summed E-state index contributed by atoms with van der Waals surface area (Å²) < 4.78 is 3.26. The quantitative estimate of drug-likeness (QED) is 0.701. The molecule has 0 aliphatic carbocycles. The highest BCUT2D eigenvalue weighted by Crippen LogP contribution is 2.21. The molecule has 20 heavy (non-hydrogen) atoms. The van der Waals surface area contributed by atoms with E-state index in [-0.39, 0.29) is 0 Å². The lowest BCUT2D eigenvalue weighted by atomic mass is 10.0. The van der Waals surface area contributed by atoms with E-state index < -0.39 is 0 Å². The highest BCUT2D eigenvalue weighted by atomic mass is 127. The van der Waals surface area contributed by atoms with Crippen LogP contribution in [-0.2, 0) is 6.54 Å². The molecule has 0 spiro atoms. The van der Waals surface area contributed by atoms with Gasteiger partial charge in [0.1, 0.15) is 3.70 Å². The molecule has 0 N–H and O–H groups in total. The Hall–Kier alpha value is -0.620. The minimum atomic E-state index is 0.621. The zero-order chi connectivity index (χ0) is 14.7. The zero-order valence-electron chi connectivity index (χ0n) is 12.8. The van der Waals surface area contributed by atoms with Gasteiger partial charge in [0, 0.05) is 18.0 Å². The summed E-state index contributed by atoms with van der Waals surface area (Å²) in [5.41, 5.74) is 1.25. The molecule has 0 fully saturated rings. The molecule has 110 valence electrons. The summed E-state index contributed by atoms with van der Waals surface area (Å²) >= 11 is 2.33. The number of nitrogens with zero attached hydrogens (tertiary/aromatic N) is 3. The van der Waals surface area contributed by atoms with Gasteiger partial charge in [-0.25, -0.2) is 0 Å². The van der Waals surface area contributed by atoms with E-state index in [0.717, 1.165) is 22.6 Å². The number of halogens is 1. The molecule has 0 amide bonds. The summed E-state index contributed by atoms with van der Waals surface area (Å²) in [6, 6.07) is 9.11. The third-order valence-electron chi connectivity index (χ3n) is 3.76. The van der Waals surface area contributed by atoms with E-state index in [1.807, 2.05) is 0 Å². The first-order valence-corrected chi connectivity index (χ1v) is 8.34. The molecule has 0 saturated carbocycles. The standard InChI is InChI=1S/C16H24IN3/c1-12(2)11-13(19(3)4)9-10-20-15-8-6-5-7-14(15)16(17)18-20/h5-8,12-13H,9-11H2,1-4H3. The average Bonchev–Trinajstić information content (AvgIpc) is 2.71. The van der Waals surface area contributed by atoms with Crippen LogP contribution in [0.3, 0.4) is 0 Å². The Kier molecular flexibility index (Phi) is 5.43. The van der Waals surface area contributed by atoms with Gasteiger partial charge in [0.05, 0.1) is 5.52 Å². The molecular weight excluding hydrogens is 361 g/mol. The van der Waals surface area contributed by atoms with E-state index in [1.165, 1.54) is 17.3 Å². The lowest BCUT2D eigenvalue weighted by Crippen LogP contribution is -2.30. The van der Waals surface area contributed by atoms with Gasteiger partial charge < -0.3 is 4.90 Å². The Bertz CT molecular complexity index is 560. The minimum absolute atomic E-state index is 0.621. The first-order chi connectivity index (χ1) is 9.49. The Balaban J connectivity index is 2.12. The molecule has 0 radical (unpaired) electrons. The lowest BCUT2D eigenvalue weighted by Gasteiger charge is -2.26. The first-order valence-electron chi connectivity index (χ1n) is 7.26. The second kappa shape index (κ2) is 6.89. The zero-order valence-corrected chi connectivity index (χ0v) is 15.0. The van der Waals surface area contributed by atoms with E-state index in [0.29, 0.717) is 6.04 Å². The predicted octanol–water partition coefficient (Wildman–Crippen LogP) is 4.01. The van der Waals surface area contributed by atoms with Crippen LogP contribution >= 0.6 is 22.6 Å². The maximum absolute atomic E-state index is 4.69. The summed E-state index contributed by atoms with van der Waals surface area (Å²) in [6.07, 6.45) is 2.39. The fourth-order valence-electron chi connectivity index (χ4n) is 2.66. The van der Waals surface area contributed by atoms with Crippen molar-refractivity contribution >= 4 is 33.5 Å². The van der Waals surface area contributed by atoms with Crippen LogP contribution in [0.5, 0.6) is 0 Å². The van der Waals surface area contributed by atoms with Crippen molar-refractivity contribution in [3.05, 3.63) is 28.0 Å². The van der Waals surface area contributed by atoms with Crippen molar-refractivity contribution in [2.75, 3.05) is 14.1 Å². The van der Waals surface area contributed by atoms with E-state index in [2.05, 4.69) is 89.5 Å². The largest absolute Gasteiger partial charge is 0.306 e. The fraction of sp³-hybridized carbons (Fsp3) is 0.562. The SMILES string of the molecule is CC(C)CC(CCn1nc(I)c2ccccc21)N(C)C. The minimum Gasteiger partial charge on any atom is -0.306 e. The molecule has 0 bridgehead atoms. The van der Waals surface area contributed by atoms with Crippen LogP contribution in [0.4, 0.5) is 0 Å². The normalized spacial score (nSPS) is 13.6. The Morgan fingerprint density at radius 3 is 2.60 bits per heavy atom. The number of benzene rings is 1. The number of fused-ring (bicyclic) bond motifs is 1. The Labute approximate surface area is 135 Å². The van der Waals surface area contributed by atoms with Crippen molar-refractivity contribution in [3.63, 3.8) is 0 Å². The van der Waals surface area contributed by atoms with E-state index >= 15 is 0 Å². The van der Waals surface area contributed by atoms with Gasteiger partial charge in [-0.15, -0.1) is 0 Å². The highest BCUT2D eigenvalue weighted by Gasteiger charge is 2.15. The van der Waals surface area contributed by atoms with Gasteiger partial charge in [0.15, 0.2) is 0 Å². The van der Waals surface area contributed by atoms with Crippen molar-refractivity contribution in [2.45, 2.75) is 39.3 Å². The molecule has 2 aromatic rings. The molecule has 2 rings (SSSR count). The number of rotatable bonds is 6. The van der Waals surface area contributed by atoms with Gasteiger partial charge in [-0.2, -0.15) is 5.10 Å². The van der Waals surface area contributed by atoms with Crippen LogP contribution in [0, 0.1) is 9.62 Å². The summed E-state index contributed by atoms with van der Waals surface area (Å²) in [6.45, 7) is 5.57. The van der Waals surface area contributed by atoms with Crippen molar-refractivity contribution in [3.8, 4) is 0 Å². The van der Waals surface area contributed by atoms with Crippen LogP contribution < -0.4 is 0 Å². The monoisotopic (exact) mass is 385 g/mol. The van der Waals surface area contributed by atoms with E-state index in [1.54, 1.807) is 0 Å². The van der Waals surface area contributed by atoms with Crippen molar-refractivity contribution in [2.24, 2.45) is 5.92 Å². The van der Waals surface area contributed by atoms with Gasteiger partial charge in [0.2, 0.25) is 0 Å². The summed E-state index contributed by atoms with van der Waals surface area (Å²) in [5, 5.41) is 5.95. The molecule has 1 unspecified atom stereocenters. The number of aryl methyl sites for hydroxylation is 1. The summed E-state index contributed by atoms with van der Waals surface area (Å²) in [5.74, 6) is 0.733. The molecule has 0 saturated heterocycles. The Morgan fingerprint density at radius 2 is 1.95 bits per heavy atom. The van der Waals surface area contributed by atoms with Crippen molar-refractivity contribution in [1.29, 1.82) is 0 Å². The predicted molar refractivity (Wildman–Crippen MR) is 94.0 cm³/mol. The van der Waals surface area contributed by atoms with Gasteiger partial charge in [-0.3, -0.25) is 4.68 Å². The maximum Gasteiger partial charge on any atom is 0.131 e. The van der Waals surface area contributed by atoms with E-state index in [4.69, 9.17) is 0 Å². The maximum atomic E-state index is 4.69. The molecule has 1 aromatic heterocycles. The molecule has 4 heteroatoms. The van der Waals surface area contributed by atoms with Gasteiger partial charge >= 0.3 is 0 Å². The number of hydrogen-bond acceptors (Lipinski definition) is 2. The molecule has 1 aromatic carbocycles. The summed E-state index contributed by atoms with van der Waals surface area (Å²) in [4.78, 5) is 2.34. The number of aromatic nitrogens is 2. The van der Waals surface area contributed by atoms with Crippen LogP contribution in [0.2, 0.25) is 0 Å². The molecular formula is C16H24IN3. The second-order valence-electron chi connectivity index (χ2n) is 6.07. The smallest absolute Gasteiger partial charge is 0.131 e. The molecule has 0 aliphatic rings. The van der Waals surface area contributed by atoms with E-state index in [9.17, 15) is 0 Å². The lowest BCUT2D eigenvalue weighted by molar-refractivity contribution is 0.232. The number of hydrogen-bond donors (Lipinski definition) is 0. The fourth-order valence-corrected chi connectivity index (χ4v) is 3.38. The number of para-hydroxylation sites is 1. The topological polar surface area (TPSA) is 21.1 Å². The van der Waals surface area contributed by atoms with Crippen molar-refractivity contribution < 1.29 is 0 Å². The Morgan fingerprint density at radius 1 is 1.25 bits per heavy atom. The van der Waals surface area contributed by atoms with Crippen LogP contribution in [0.15, 0.2) is 24.3 Å². The van der Waals surface area contributed by atoms with Crippen molar-refractivity contribution in [1.82, 2.24) is 14.7 Å². The first kappa shape index (κ1) is 15.8. The van der Waals surface area contributed by atoms with Crippen LogP contribution in [0.25, 0.3) is 10.9 Å². The van der Waals surface area contributed by atoms with Gasteiger partial charge in [-0.1, -0.05) is 32.0 Å². The third-order valence-corrected chi connectivity index (χ3v) is 4.56. The molecule has 1 heterocycles. The van der Waals surface area contributed by atoms with Crippen LogP contribution in [-0.4, -0.2) is 34.8 Å². The molecule has 3 nitrogen and oxygen atoms in total. The average molecular weight is 385 g/mol. The second-order valence-corrected chi connectivity index (χ2v) is 7.09. The molecule has 1 atom stereocenters. The summed E-state index contributed by atoms with van der Waals surface area (Å²) in [7, 11) is 4.36. The van der Waals surface area contributed by atoms with Gasteiger partial charge in [0.25, 0.3) is 0 Å².